The molecule has 1 amide bonds. The van der Waals surface area contributed by atoms with E-state index in [-0.39, 0.29) is 24.5 Å². The first-order valence-electron chi connectivity index (χ1n) is 10.4. The highest BCUT2D eigenvalue weighted by Crippen LogP contribution is 2.15. The van der Waals surface area contributed by atoms with Gasteiger partial charge in [-0.05, 0) is 55.5 Å². The number of carbonyl (C=O) groups excluding carboxylic acids is 1. The van der Waals surface area contributed by atoms with Gasteiger partial charge in [-0.1, -0.05) is 12.1 Å². The van der Waals surface area contributed by atoms with Crippen LogP contribution < -0.4 is 21.3 Å². The lowest BCUT2D eigenvalue weighted by atomic mass is 10.2. The number of amides is 1. The Hall–Kier alpha value is -3.96. The topological polar surface area (TPSA) is 132 Å². The Bertz CT molecular complexity index is 1550. The van der Waals surface area contributed by atoms with Crippen LogP contribution in [-0.4, -0.2) is 23.5 Å². The number of sulfonamides is 1. The van der Waals surface area contributed by atoms with E-state index in [0.717, 1.165) is 4.57 Å². The van der Waals surface area contributed by atoms with Crippen molar-refractivity contribution in [2.24, 2.45) is 0 Å². The maximum Gasteiger partial charge on any atom is 0.331 e. The van der Waals surface area contributed by atoms with E-state index in [9.17, 15) is 22.8 Å². The normalized spacial score (nSPS) is 11.6. The highest BCUT2D eigenvalue weighted by molar-refractivity contribution is 7.89. The lowest BCUT2D eigenvalue weighted by Gasteiger charge is -2.13. The molecule has 2 N–H and O–H groups in total. The molecule has 0 aliphatic rings. The number of carbonyl (C=O) groups is 1. The van der Waals surface area contributed by atoms with Gasteiger partial charge < -0.3 is 9.73 Å². The molecule has 0 fully saturated rings. The number of nitrogens with one attached hydrogen (secondary N) is 2. The van der Waals surface area contributed by atoms with E-state index in [1.807, 2.05) is 0 Å². The predicted molar refractivity (Wildman–Crippen MR) is 126 cm³/mol. The van der Waals surface area contributed by atoms with E-state index in [1.165, 1.54) is 35.1 Å². The zero-order valence-electron chi connectivity index (χ0n) is 18.2. The number of hydrogen-bond acceptors (Lipinski definition) is 6. The highest BCUT2D eigenvalue weighted by Gasteiger charge is 2.16. The molecule has 0 aliphatic carbocycles. The SMILES string of the molecule is CCn1c(=O)c2ccccc2n(CC(=O)Nc2ccc(S(=O)(=O)NCc3ccco3)cc2)c1=O. The first-order chi connectivity index (χ1) is 16.3. The first kappa shape index (κ1) is 23.2. The van der Waals surface area contributed by atoms with Gasteiger partial charge in [0.15, 0.2) is 0 Å². The molecule has 0 saturated carbocycles. The number of aromatic nitrogens is 2. The Morgan fingerprint density at radius 1 is 0.971 bits per heavy atom. The van der Waals surface area contributed by atoms with Gasteiger partial charge in [0.2, 0.25) is 15.9 Å². The summed E-state index contributed by atoms with van der Waals surface area (Å²) in [6.45, 7) is 1.55. The second-order valence-corrected chi connectivity index (χ2v) is 9.18. The number of fused-ring (bicyclic) bond motifs is 1. The average molecular weight is 483 g/mol. The fourth-order valence-electron chi connectivity index (χ4n) is 3.53. The molecule has 0 spiro atoms. The van der Waals surface area contributed by atoms with Crippen LogP contribution in [0.3, 0.4) is 0 Å². The van der Waals surface area contributed by atoms with Crippen LogP contribution in [0.25, 0.3) is 10.9 Å². The third kappa shape index (κ3) is 4.70. The fraction of sp³-hybridized carbons (Fsp3) is 0.174. The summed E-state index contributed by atoms with van der Waals surface area (Å²) in [7, 11) is -3.77. The molecule has 11 heteroatoms. The molecule has 0 radical (unpaired) electrons. The van der Waals surface area contributed by atoms with Crippen molar-refractivity contribution in [1.29, 1.82) is 0 Å². The zero-order valence-corrected chi connectivity index (χ0v) is 19.0. The van der Waals surface area contributed by atoms with Gasteiger partial charge in [0.05, 0.1) is 28.6 Å². The van der Waals surface area contributed by atoms with E-state index in [4.69, 9.17) is 4.42 Å². The first-order valence-corrected chi connectivity index (χ1v) is 11.9. The monoisotopic (exact) mass is 482 g/mol. The molecule has 0 aliphatic heterocycles. The minimum Gasteiger partial charge on any atom is -0.468 e. The second kappa shape index (κ2) is 9.49. The third-order valence-corrected chi connectivity index (χ3v) is 6.63. The van der Waals surface area contributed by atoms with Crippen LogP contribution in [0.5, 0.6) is 0 Å². The van der Waals surface area contributed by atoms with Gasteiger partial charge in [-0.2, -0.15) is 0 Å². The lowest BCUT2D eigenvalue weighted by Crippen LogP contribution is -2.41. The average Bonchev–Trinajstić information content (AvgIpc) is 3.35. The Morgan fingerprint density at radius 3 is 2.38 bits per heavy atom. The van der Waals surface area contributed by atoms with Crippen molar-refractivity contribution in [2.75, 3.05) is 5.32 Å². The van der Waals surface area contributed by atoms with Gasteiger partial charge in [-0.25, -0.2) is 17.9 Å². The summed E-state index contributed by atoms with van der Waals surface area (Å²) < 4.78 is 34.8. The summed E-state index contributed by atoms with van der Waals surface area (Å²) in [5, 5.41) is 2.99. The summed E-state index contributed by atoms with van der Waals surface area (Å²) in [6, 6.07) is 15.5. The van der Waals surface area contributed by atoms with Crippen molar-refractivity contribution in [3.05, 3.63) is 93.5 Å². The van der Waals surface area contributed by atoms with E-state index < -0.39 is 27.2 Å². The Kier molecular flexibility index (Phi) is 6.48. The van der Waals surface area contributed by atoms with Gasteiger partial charge in [-0.15, -0.1) is 0 Å². The van der Waals surface area contributed by atoms with Gasteiger partial charge in [-0.3, -0.25) is 18.7 Å². The van der Waals surface area contributed by atoms with E-state index in [2.05, 4.69) is 10.0 Å². The molecule has 4 aromatic rings. The molecule has 0 saturated heterocycles. The molecule has 2 aromatic heterocycles. The van der Waals surface area contributed by atoms with Gasteiger partial charge in [0.25, 0.3) is 5.56 Å². The summed E-state index contributed by atoms with van der Waals surface area (Å²) in [5.74, 6) is -0.0234. The summed E-state index contributed by atoms with van der Waals surface area (Å²) in [6.07, 6.45) is 1.45. The van der Waals surface area contributed by atoms with Gasteiger partial charge in [0.1, 0.15) is 12.3 Å². The highest BCUT2D eigenvalue weighted by atomic mass is 32.2. The summed E-state index contributed by atoms with van der Waals surface area (Å²) in [5.41, 5.74) is -0.264. The molecule has 2 aromatic carbocycles. The number of nitrogens with zero attached hydrogens (tertiary/aromatic N) is 2. The molecule has 10 nitrogen and oxygen atoms in total. The maximum atomic E-state index is 12.8. The van der Waals surface area contributed by atoms with Gasteiger partial charge in [0, 0.05) is 12.2 Å². The molecule has 34 heavy (non-hydrogen) atoms. The van der Waals surface area contributed by atoms with Crippen molar-refractivity contribution in [2.45, 2.75) is 31.5 Å². The van der Waals surface area contributed by atoms with Crippen LogP contribution in [0.2, 0.25) is 0 Å². The Morgan fingerprint density at radius 2 is 1.71 bits per heavy atom. The number of furan rings is 1. The van der Waals surface area contributed by atoms with Crippen LogP contribution >= 0.6 is 0 Å². The minimum absolute atomic E-state index is 0.0104. The number of benzene rings is 2. The van der Waals surface area contributed by atoms with Crippen LogP contribution in [0.1, 0.15) is 12.7 Å². The van der Waals surface area contributed by atoms with Crippen molar-refractivity contribution >= 4 is 32.5 Å². The lowest BCUT2D eigenvalue weighted by molar-refractivity contribution is -0.116. The van der Waals surface area contributed by atoms with Crippen LogP contribution in [-0.2, 0) is 34.5 Å². The third-order valence-electron chi connectivity index (χ3n) is 5.22. The molecular weight excluding hydrogens is 460 g/mol. The molecular formula is C23H22N4O6S. The largest absolute Gasteiger partial charge is 0.468 e. The number of anilines is 1. The number of para-hydroxylation sites is 1. The zero-order chi connectivity index (χ0) is 24.3. The van der Waals surface area contributed by atoms with Crippen molar-refractivity contribution in [1.82, 2.24) is 13.9 Å². The fourth-order valence-corrected chi connectivity index (χ4v) is 4.52. The van der Waals surface area contributed by atoms with Gasteiger partial charge >= 0.3 is 5.69 Å². The van der Waals surface area contributed by atoms with Crippen LogP contribution in [0, 0.1) is 0 Å². The Labute approximate surface area is 194 Å². The van der Waals surface area contributed by atoms with E-state index >= 15 is 0 Å². The summed E-state index contributed by atoms with van der Waals surface area (Å²) >= 11 is 0. The summed E-state index contributed by atoms with van der Waals surface area (Å²) in [4.78, 5) is 38.0. The number of rotatable bonds is 8. The minimum atomic E-state index is -3.77. The molecule has 0 unspecified atom stereocenters. The predicted octanol–water partition coefficient (Wildman–Crippen LogP) is 1.89. The quantitative estimate of drug-likeness (QED) is 0.394. The standard InChI is InChI=1S/C23H22N4O6S/c1-2-26-22(29)19-7-3-4-8-20(19)27(23(26)30)15-21(28)25-16-9-11-18(12-10-16)34(31,32)24-14-17-6-5-13-33-17/h3-13,24H,2,14-15H2,1H3,(H,25,28). The second-order valence-electron chi connectivity index (χ2n) is 7.41. The van der Waals surface area contributed by atoms with E-state index in [1.54, 1.807) is 43.3 Å². The van der Waals surface area contributed by atoms with Crippen molar-refractivity contribution in [3.63, 3.8) is 0 Å². The molecule has 176 valence electrons. The van der Waals surface area contributed by atoms with Crippen molar-refractivity contribution < 1.29 is 17.6 Å². The van der Waals surface area contributed by atoms with Crippen LogP contribution in [0.4, 0.5) is 5.69 Å². The molecule has 2 heterocycles. The number of hydrogen-bond donors (Lipinski definition) is 2. The maximum absolute atomic E-state index is 12.8. The molecule has 0 atom stereocenters. The van der Waals surface area contributed by atoms with Crippen molar-refractivity contribution in [3.8, 4) is 0 Å². The molecule has 0 bridgehead atoms. The Balaban J connectivity index is 1.50. The van der Waals surface area contributed by atoms with Crippen LogP contribution in [0.15, 0.2) is 85.8 Å². The molecule has 4 rings (SSSR count). The van der Waals surface area contributed by atoms with E-state index in [0.29, 0.717) is 22.4 Å². The smallest absolute Gasteiger partial charge is 0.331 e.